The molecule has 0 saturated carbocycles. The molecule has 6 heteroatoms. The quantitative estimate of drug-likeness (QED) is 0.835. The van der Waals surface area contributed by atoms with Gasteiger partial charge in [-0.25, -0.2) is 8.42 Å². The van der Waals surface area contributed by atoms with Crippen molar-refractivity contribution in [1.29, 1.82) is 0 Å². The lowest BCUT2D eigenvalue weighted by Crippen LogP contribution is -2.34. The number of hydrogen-bond donors (Lipinski definition) is 1. The fourth-order valence-corrected chi connectivity index (χ4v) is 4.51. The number of nitrogens with zero attached hydrogens (tertiary/aromatic N) is 1. The minimum Gasteiger partial charge on any atom is -0.316 e. The molecule has 120 valence electrons. The van der Waals surface area contributed by atoms with Gasteiger partial charge in [0.15, 0.2) is 0 Å². The summed E-state index contributed by atoms with van der Waals surface area (Å²) in [5.41, 5.74) is 1.67. The van der Waals surface area contributed by atoms with Crippen LogP contribution in [0.5, 0.6) is 0 Å². The molecule has 1 aromatic carbocycles. The van der Waals surface area contributed by atoms with Crippen molar-refractivity contribution in [3.63, 3.8) is 0 Å². The Morgan fingerprint density at radius 1 is 1.33 bits per heavy atom. The van der Waals surface area contributed by atoms with Crippen LogP contribution >= 0.6 is 11.6 Å². The Bertz CT molecular complexity index is 586. The molecule has 0 heterocycles. The van der Waals surface area contributed by atoms with Crippen molar-refractivity contribution in [1.82, 2.24) is 9.62 Å². The summed E-state index contributed by atoms with van der Waals surface area (Å²) in [6.45, 7) is 9.25. The molecule has 0 radical (unpaired) electrons. The molecule has 0 unspecified atom stereocenters. The first-order valence-electron chi connectivity index (χ1n) is 7.17. The zero-order valence-electron chi connectivity index (χ0n) is 13.4. The van der Waals surface area contributed by atoms with Crippen molar-refractivity contribution in [2.75, 3.05) is 20.1 Å². The SMILES string of the molecule is CCN(CC(C)C)S(=O)(=O)c1cc(Cl)cc(CNC)c1C. The van der Waals surface area contributed by atoms with E-state index in [1.807, 2.05) is 40.8 Å². The van der Waals surface area contributed by atoms with Crippen molar-refractivity contribution in [3.05, 3.63) is 28.3 Å². The molecule has 0 bridgehead atoms. The molecule has 0 aliphatic carbocycles. The van der Waals surface area contributed by atoms with Crippen LogP contribution in [-0.4, -0.2) is 32.9 Å². The van der Waals surface area contributed by atoms with Gasteiger partial charge in [0.25, 0.3) is 0 Å². The van der Waals surface area contributed by atoms with Crippen molar-refractivity contribution in [2.24, 2.45) is 5.92 Å². The molecule has 1 rings (SSSR count). The van der Waals surface area contributed by atoms with E-state index in [1.165, 1.54) is 4.31 Å². The minimum atomic E-state index is -3.52. The minimum absolute atomic E-state index is 0.274. The second-order valence-corrected chi connectivity index (χ2v) is 7.91. The Morgan fingerprint density at radius 2 is 1.95 bits per heavy atom. The molecule has 0 aliphatic heterocycles. The van der Waals surface area contributed by atoms with E-state index in [-0.39, 0.29) is 5.92 Å². The summed E-state index contributed by atoms with van der Waals surface area (Å²) in [7, 11) is -1.69. The Balaban J connectivity index is 3.36. The largest absolute Gasteiger partial charge is 0.316 e. The highest BCUT2D eigenvalue weighted by atomic mass is 35.5. The van der Waals surface area contributed by atoms with Gasteiger partial charge in [0.05, 0.1) is 4.90 Å². The summed E-state index contributed by atoms with van der Waals surface area (Å²) < 4.78 is 27.3. The maximum Gasteiger partial charge on any atom is 0.243 e. The Labute approximate surface area is 133 Å². The van der Waals surface area contributed by atoms with E-state index in [9.17, 15) is 8.42 Å². The van der Waals surface area contributed by atoms with Crippen LogP contribution in [0, 0.1) is 12.8 Å². The van der Waals surface area contributed by atoms with Gasteiger partial charge in [-0.05, 0) is 43.1 Å². The van der Waals surface area contributed by atoms with Gasteiger partial charge in [0.2, 0.25) is 10.0 Å². The second kappa shape index (κ2) is 7.58. The smallest absolute Gasteiger partial charge is 0.243 e. The molecule has 0 saturated heterocycles. The van der Waals surface area contributed by atoms with Gasteiger partial charge in [-0.3, -0.25) is 0 Å². The number of sulfonamides is 1. The number of hydrogen-bond acceptors (Lipinski definition) is 3. The monoisotopic (exact) mass is 332 g/mol. The third-order valence-corrected chi connectivity index (χ3v) is 5.62. The predicted molar refractivity (Wildman–Crippen MR) is 88.2 cm³/mol. The normalized spacial score (nSPS) is 12.4. The van der Waals surface area contributed by atoms with Crippen molar-refractivity contribution in [2.45, 2.75) is 39.1 Å². The van der Waals surface area contributed by atoms with E-state index < -0.39 is 10.0 Å². The first-order chi connectivity index (χ1) is 9.73. The second-order valence-electron chi connectivity index (χ2n) is 5.57. The molecule has 0 aliphatic rings. The molecule has 4 nitrogen and oxygen atoms in total. The van der Waals surface area contributed by atoms with E-state index >= 15 is 0 Å². The lowest BCUT2D eigenvalue weighted by molar-refractivity contribution is 0.380. The topological polar surface area (TPSA) is 49.4 Å². The van der Waals surface area contributed by atoms with E-state index in [0.29, 0.717) is 29.6 Å². The van der Waals surface area contributed by atoms with Crippen LogP contribution in [0.25, 0.3) is 0 Å². The van der Waals surface area contributed by atoms with Gasteiger partial charge < -0.3 is 5.32 Å². The molecular formula is C15H25ClN2O2S. The summed E-state index contributed by atoms with van der Waals surface area (Å²) in [6.07, 6.45) is 0. The molecular weight excluding hydrogens is 308 g/mol. The van der Waals surface area contributed by atoms with Crippen molar-refractivity contribution < 1.29 is 8.42 Å². The van der Waals surface area contributed by atoms with E-state index in [2.05, 4.69) is 5.32 Å². The summed E-state index contributed by atoms with van der Waals surface area (Å²) >= 11 is 6.11. The lowest BCUT2D eigenvalue weighted by Gasteiger charge is -2.24. The third kappa shape index (κ3) is 4.42. The fraction of sp³-hybridized carbons (Fsp3) is 0.600. The average molecular weight is 333 g/mol. The fourth-order valence-electron chi connectivity index (χ4n) is 2.29. The maximum absolute atomic E-state index is 12.9. The predicted octanol–water partition coefficient (Wildman–Crippen LogP) is 3.03. The number of halogens is 1. The number of nitrogens with one attached hydrogen (secondary N) is 1. The van der Waals surface area contributed by atoms with Crippen LogP contribution in [0.2, 0.25) is 5.02 Å². The van der Waals surface area contributed by atoms with E-state index in [4.69, 9.17) is 11.6 Å². The van der Waals surface area contributed by atoms with E-state index in [1.54, 1.807) is 6.07 Å². The van der Waals surface area contributed by atoms with Crippen LogP contribution in [0.15, 0.2) is 17.0 Å². The Kier molecular flexibility index (Phi) is 6.66. The highest BCUT2D eigenvalue weighted by Crippen LogP contribution is 2.27. The van der Waals surface area contributed by atoms with Gasteiger partial charge in [0.1, 0.15) is 0 Å². The third-order valence-electron chi connectivity index (χ3n) is 3.34. The molecule has 1 aromatic rings. The molecule has 0 spiro atoms. The molecule has 1 N–H and O–H groups in total. The lowest BCUT2D eigenvalue weighted by atomic mass is 10.1. The molecule has 0 aromatic heterocycles. The Hall–Kier alpha value is -0.620. The van der Waals surface area contributed by atoms with Gasteiger partial charge in [-0.15, -0.1) is 0 Å². The Morgan fingerprint density at radius 3 is 2.43 bits per heavy atom. The van der Waals surface area contributed by atoms with Gasteiger partial charge in [-0.1, -0.05) is 32.4 Å². The summed E-state index contributed by atoms with van der Waals surface area (Å²) in [5, 5.41) is 3.49. The molecule has 0 amide bonds. The van der Waals surface area contributed by atoms with Gasteiger partial charge >= 0.3 is 0 Å². The highest BCUT2D eigenvalue weighted by Gasteiger charge is 2.26. The van der Waals surface area contributed by atoms with Gasteiger partial charge in [-0.2, -0.15) is 4.31 Å². The maximum atomic E-state index is 12.9. The first kappa shape index (κ1) is 18.4. The summed E-state index contributed by atoms with van der Waals surface area (Å²) in [4.78, 5) is 0.308. The van der Waals surface area contributed by atoms with Crippen LogP contribution in [0.3, 0.4) is 0 Å². The van der Waals surface area contributed by atoms with Gasteiger partial charge in [0, 0.05) is 24.7 Å². The van der Waals surface area contributed by atoms with Crippen LogP contribution in [0.4, 0.5) is 0 Å². The summed E-state index contributed by atoms with van der Waals surface area (Å²) in [5.74, 6) is 0.274. The highest BCUT2D eigenvalue weighted by molar-refractivity contribution is 7.89. The zero-order valence-corrected chi connectivity index (χ0v) is 15.0. The molecule has 0 fully saturated rings. The van der Waals surface area contributed by atoms with Crippen LogP contribution in [-0.2, 0) is 16.6 Å². The number of rotatable bonds is 7. The molecule has 21 heavy (non-hydrogen) atoms. The average Bonchev–Trinajstić information content (AvgIpc) is 2.39. The van der Waals surface area contributed by atoms with E-state index in [0.717, 1.165) is 11.1 Å². The van der Waals surface area contributed by atoms with Crippen LogP contribution < -0.4 is 5.32 Å². The zero-order chi connectivity index (χ0) is 16.2. The van der Waals surface area contributed by atoms with Crippen LogP contribution in [0.1, 0.15) is 31.9 Å². The first-order valence-corrected chi connectivity index (χ1v) is 8.99. The standard InChI is InChI=1S/C15H25ClN2O2S/c1-6-18(10-11(2)3)21(19,20)15-8-14(16)7-13(9-17-5)12(15)4/h7-8,11,17H,6,9-10H2,1-5H3. The van der Waals surface area contributed by atoms with Crippen molar-refractivity contribution in [3.8, 4) is 0 Å². The summed E-state index contributed by atoms with van der Waals surface area (Å²) in [6, 6.07) is 3.36. The number of benzene rings is 1. The molecule has 0 atom stereocenters. The van der Waals surface area contributed by atoms with Crippen molar-refractivity contribution >= 4 is 21.6 Å².